The van der Waals surface area contributed by atoms with Crippen molar-refractivity contribution in [2.24, 2.45) is 0 Å². The van der Waals surface area contributed by atoms with Crippen molar-refractivity contribution >= 4 is 10.0 Å². The summed E-state index contributed by atoms with van der Waals surface area (Å²) in [6, 6.07) is 0.502. The molecule has 5 heteroatoms. The van der Waals surface area contributed by atoms with Gasteiger partial charge in [-0.05, 0) is 26.9 Å². The van der Waals surface area contributed by atoms with Crippen LogP contribution in [-0.4, -0.2) is 57.1 Å². The van der Waals surface area contributed by atoms with Gasteiger partial charge < -0.3 is 4.90 Å². The molecular formula is C10H22N2O2S. The van der Waals surface area contributed by atoms with Gasteiger partial charge >= 0.3 is 0 Å². The fraction of sp³-hybridized carbons (Fsp3) is 1.00. The molecule has 0 aliphatic heterocycles. The Balaban J connectivity index is 2.81. The average Bonchev–Trinajstić information content (AvgIpc) is 2.15. The zero-order chi connectivity index (χ0) is 11.6. The van der Waals surface area contributed by atoms with Crippen molar-refractivity contribution in [1.29, 1.82) is 0 Å². The van der Waals surface area contributed by atoms with Crippen LogP contribution in [0.3, 0.4) is 0 Å². The third-order valence-electron chi connectivity index (χ3n) is 3.35. The highest BCUT2D eigenvalue weighted by atomic mass is 32.2. The Morgan fingerprint density at radius 1 is 1.00 bits per heavy atom. The summed E-state index contributed by atoms with van der Waals surface area (Å²) in [5.74, 6) is 0. The Morgan fingerprint density at radius 2 is 1.47 bits per heavy atom. The average molecular weight is 234 g/mol. The molecule has 1 saturated carbocycles. The Kier molecular flexibility index (Phi) is 4.14. The zero-order valence-corrected chi connectivity index (χ0v) is 10.9. The first-order valence-electron chi connectivity index (χ1n) is 5.43. The topological polar surface area (TPSA) is 40.6 Å². The monoisotopic (exact) mass is 234 g/mol. The van der Waals surface area contributed by atoms with Crippen molar-refractivity contribution < 1.29 is 8.42 Å². The van der Waals surface area contributed by atoms with Crippen LogP contribution >= 0.6 is 0 Å². The van der Waals surface area contributed by atoms with Crippen molar-refractivity contribution in [2.75, 3.05) is 27.4 Å². The molecule has 1 fully saturated rings. The number of rotatable bonds is 3. The molecule has 0 aromatic heterocycles. The third kappa shape index (κ3) is 3.16. The smallest absolute Gasteiger partial charge is 0.211 e. The van der Waals surface area contributed by atoms with Crippen molar-refractivity contribution in [1.82, 2.24) is 9.21 Å². The fourth-order valence-corrected chi connectivity index (χ4v) is 3.10. The Morgan fingerprint density at radius 3 is 1.87 bits per heavy atom. The molecule has 0 aromatic rings. The zero-order valence-electron chi connectivity index (χ0n) is 10.1. The second kappa shape index (κ2) is 4.80. The summed E-state index contributed by atoms with van der Waals surface area (Å²) >= 11 is 0. The van der Waals surface area contributed by atoms with Crippen LogP contribution in [0.1, 0.15) is 25.7 Å². The molecule has 15 heavy (non-hydrogen) atoms. The highest BCUT2D eigenvalue weighted by Crippen LogP contribution is 2.26. The standard InChI is InChI=1S/C10H22N2O2S/c1-11(2)9-7-5-6-8-10(9)12(3)15(4,13)14/h9-10H,5-8H2,1-4H3. The van der Waals surface area contributed by atoms with E-state index in [-0.39, 0.29) is 6.04 Å². The molecular weight excluding hydrogens is 212 g/mol. The van der Waals surface area contributed by atoms with Crippen molar-refractivity contribution in [3.05, 3.63) is 0 Å². The lowest BCUT2D eigenvalue weighted by Gasteiger charge is -2.40. The number of sulfonamides is 1. The van der Waals surface area contributed by atoms with E-state index >= 15 is 0 Å². The third-order valence-corrected chi connectivity index (χ3v) is 4.66. The summed E-state index contributed by atoms with van der Waals surface area (Å²) in [6.45, 7) is 0. The quantitative estimate of drug-likeness (QED) is 0.723. The van der Waals surface area contributed by atoms with Crippen LogP contribution in [0.4, 0.5) is 0 Å². The van der Waals surface area contributed by atoms with E-state index in [4.69, 9.17) is 0 Å². The van der Waals surface area contributed by atoms with Crippen LogP contribution in [0.5, 0.6) is 0 Å². The highest BCUT2D eigenvalue weighted by molar-refractivity contribution is 7.88. The molecule has 4 nitrogen and oxygen atoms in total. The summed E-state index contributed by atoms with van der Waals surface area (Å²) in [4.78, 5) is 2.14. The second-order valence-corrected chi connectivity index (χ2v) is 6.70. The van der Waals surface area contributed by atoms with Gasteiger partial charge in [-0.15, -0.1) is 0 Å². The SMILES string of the molecule is CN(C)C1CCCCC1N(C)S(C)(=O)=O. The second-order valence-electron chi connectivity index (χ2n) is 4.66. The van der Waals surface area contributed by atoms with E-state index in [0.717, 1.165) is 19.3 Å². The van der Waals surface area contributed by atoms with Gasteiger partial charge in [0, 0.05) is 19.1 Å². The summed E-state index contributed by atoms with van der Waals surface area (Å²) in [5.41, 5.74) is 0. The molecule has 1 rings (SSSR count). The van der Waals surface area contributed by atoms with Gasteiger partial charge in [0.05, 0.1) is 6.26 Å². The minimum absolute atomic E-state index is 0.142. The maximum absolute atomic E-state index is 11.5. The molecule has 0 aromatic carbocycles. The first kappa shape index (κ1) is 12.9. The molecule has 1 aliphatic rings. The van der Waals surface area contributed by atoms with Gasteiger partial charge in [-0.3, -0.25) is 0 Å². The summed E-state index contributed by atoms with van der Waals surface area (Å²) in [6.07, 6.45) is 5.70. The number of nitrogens with zero attached hydrogens (tertiary/aromatic N) is 2. The normalized spacial score (nSPS) is 28.7. The summed E-state index contributed by atoms with van der Waals surface area (Å²) in [7, 11) is 2.69. The Labute approximate surface area is 93.3 Å². The number of hydrogen-bond acceptors (Lipinski definition) is 3. The highest BCUT2D eigenvalue weighted by Gasteiger charge is 2.33. The van der Waals surface area contributed by atoms with Crippen LogP contribution in [0.15, 0.2) is 0 Å². The summed E-state index contributed by atoms with van der Waals surface area (Å²) in [5, 5.41) is 0. The van der Waals surface area contributed by atoms with Gasteiger partial charge in [-0.25, -0.2) is 12.7 Å². The first-order chi connectivity index (χ1) is 6.84. The predicted molar refractivity (Wildman–Crippen MR) is 62.3 cm³/mol. The first-order valence-corrected chi connectivity index (χ1v) is 7.28. The maximum Gasteiger partial charge on any atom is 0.211 e. The summed E-state index contributed by atoms with van der Waals surface area (Å²) < 4.78 is 24.6. The van der Waals surface area contributed by atoms with Crippen LogP contribution in [0.2, 0.25) is 0 Å². The van der Waals surface area contributed by atoms with Gasteiger partial charge in [-0.1, -0.05) is 12.8 Å². The number of likely N-dealkylation sites (N-methyl/N-ethyl adjacent to an activating group) is 2. The largest absolute Gasteiger partial charge is 0.305 e. The van der Waals surface area contributed by atoms with Gasteiger partial charge in [0.25, 0.3) is 0 Å². The van der Waals surface area contributed by atoms with E-state index in [0.29, 0.717) is 6.04 Å². The molecule has 0 amide bonds. The van der Waals surface area contributed by atoms with Crippen LogP contribution in [0, 0.1) is 0 Å². The minimum atomic E-state index is -3.06. The number of hydrogen-bond donors (Lipinski definition) is 0. The molecule has 0 saturated heterocycles. The van der Waals surface area contributed by atoms with Crippen molar-refractivity contribution in [3.8, 4) is 0 Å². The van der Waals surface area contributed by atoms with Gasteiger partial charge in [0.15, 0.2) is 0 Å². The lowest BCUT2D eigenvalue weighted by molar-refractivity contribution is 0.139. The Bertz CT molecular complexity index is 301. The van der Waals surface area contributed by atoms with Gasteiger partial charge in [-0.2, -0.15) is 0 Å². The van der Waals surface area contributed by atoms with Gasteiger partial charge in [0.1, 0.15) is 0 Å². The molecule has 1 aliphatic carbocycles. The van der Waals surface area contributed by atoms with E-state index in [1.54, 1.807) is 7.05 Å². The lowest BCUT2D eigenvalue weighted by atomic mass is 9.90. The van der Waals surface area contributed by atoms with Crippen LogP contribution in [-0.2, 0) is 10.0 Å². The Hall–Kier alpha value is -0.130. The molecule has 0 spiro atoms. The van der Waals surface area contributed by atoms with Gasteiger partial charge in [0.2, 0.25) is 10.0 Å². The van der Waals surface area contributed by atoms with Crippen molar-refractivity contribution in [2.45, 2.75) is 37.8 Å². The van der Waals surface area contributed by atoms with E-state index in [1.165, 1.54) is 17.0 Å². The molecule has 90 valence electrons. The van der Waals surface area contributed by atoms with Crippen LogP contribution < -0.4 is 0 Å². The van der Waals surface area contributed by atoms with E-state index < -0.39 is 10.0 Å². The molecule has 0 heterocycles. The molecule has 2 atom stereocenters. The molecule has 2 unspecified atom stereocenters. The molecule has 0 N–H and O–H groups in total. The van der Waals surface area contributed by atoms with E-state index in [2.05, 4.69) is 4.90 Å². The molecule has 0 bridgehead atoms. The minimum Gasteiger partial charge on any atom is -0.305 e. The maximum atomic E-state index is 11.5. The van der Waals surface area contributed by atoms with Crippen molar-refractivity contribution in [3.63, 3.8) is 0 Å². The fourth-order valence-electron chi connectivity index (χ4n) is 2.36. The van der Waals surface area contributed by atoms with E-state index in [9.17, 15) is 8.42 Å². The lowest BCUT2D eigenvalue weighted by Crippen LogP contribution is -2.51. The van der Waals surface area contributed by atoms with Crippen LogP contribution in [0.25, 0.3) is 0 Å². The molecule has 0 radical (unpaired) electrons. The van der Waals surface area contributed by atoms with E-state index in [1.807, 2.05) is 14.1 Å². The predicted octanol–water partition coefficient (Wildman–Crippen LogP) is 0.751.